The molecule has 2 nitrogen and oxygen atoms in total. The Balaban J connectivity index is 1.33. The van der Waals surface area contributed by atoms with E-state index in [1.54, 1.807) is 0 Å². The number of thioether (sulfide) groups is 1. The number of aryl methyl sites for hydroxylation is 1. The molecule has 0 fully saturated rings. The molecule has 4 heteroatoms. The van der Waals surface area contributed by atoms with E-state index in [0.717, 1.165) is 0 Å². The molecule has 4 aromatic carbocycles. The molecule has 150 valence electrons. The highest BCUT2D eigenvalue weighted by molar-refractivity contribution is 8.03. The third-order valence-corrected chi connectivity index (χ3v) is 8.28. The smallest absolute Gasteiger partial charge is 0.262 e. The molecular weight excluding hydrogens is 416 g/mol. The first kappa shape index (κ1) is 18.7. The molecule has 2 heterocycles. The van der Waals surface area contributed by atoms with Crippen molar-refractivity contribution < 1.29 is 4.57 Å². The van der Waals surface area contributed by atoms with Gasteiger partial charge in [-0.1, -0.05) is 77.7 Å². The number of fused-ring (bicyclic) bond motifs is 4. The maximum Gasteiger partial charge on any atom is 0.262 e. The lowest BCUT2D eigenvalue weighted by Crippen LogP contribution is -2.28. The largest absolute Gasteiger partial charge is 0.338 e. The second kappa shape index (κ2) is 7.26. The Hall–Kier alpha value is -3.08. The summed E-state index contributed by atoms with van der Waals surface area (Å²) in [6.45, 7) is 0. The molecule has 1 aromatic heterocycles. The van der Waals surface area contributed by atoms with E-state index in [2.05, 4.69) is 115 Å². The van der Waals surface area contributed by atoms with Crippen molar-refractivity contribution in [3.05, 3.63) is 95.0 Å². The number of hydrogen-bond acceptors (Lipinski definition) is 3. The van der Waals surface area contributed by atoms with Crippen LogP contribution in [0.4, 0.5) is 5.69 Å². The zero-order valence-electron chi connectivity index (χ0n) is 17.4. The molecule has 1 aliphatic heterocycles. The molecular formula is C27H21N2S2+. The second-order valence-corrected chi connectivity index (χ2v) is 9.98. The average molecular weight is 438 g/mol. The SMILES string of the molecule is CN1/C(=C/C=C/c2sc3cc4ccccc4cc3[n+]2C)Sc2cc3ccccc3cc21. The lowest BCUT2D eigenvalue weighted by atomic mass is 10.1. The number of rotatable bonds is 2. The minimum Gasteiger partial charge on any atom is -0.338 e. The number of nitrogens with zero attached hydrogens (tertiary/aromatic N) is 2. The van der Waals surface area contributed by atoms with Gasteiger partial charge in [-0.25, -0.2) is 0 Å². The third-order valence-electron chi connectivity index (χ3n) is 5.95. The maximum atomic E-state index is 2.30. The van der Waals surface area contributed by atoms with Crippen molar-refractivity contribution in [2.45, 2.75) is 4.90 Å². The van der Waals surface area contributed by atoms with Crippen molar-refractivity contribution in [2.24, 2.45) is 7.05 Å². The van der Waals surface area contributed by atoms with Crippen LogP contribution in [0.5, 0.6) is 0 Å². The Bertz CT molecular complexity index is 1540. The van der Waals surface area contributed by atoms with Gasteiger partial charge in [0.2, 0.25) is 5.52 Å². The highest BCUT2D eigenvalue weighted by Crippen LogP contribution is 2.46. The molecule has 0 atom stereocenters. The van der Waals surface area contributed by atoms with Gasteiger partial charge in [-0.2, -0.15) is 4.57 Å². The van der Waals surface area contributed by atoms with Crippen molar-refractivity contribution in [1.82, 2.24) is 0 Å². The van der Waals surface area contributed by atoms with E-state index in [1.165, 1.54) is 52.4 Å². The molecule has 6 rings (SSSR count). The van der Waals surface area contributed by atoms with Crippen LogP contribution in [0.25, 0.3) is 37.8 Å². The van der Waals surface area contributed by atoms with E-state index in [9.17, 15) is 0 Å². The molecule has 0 saturated carbocycles. The third kappa shape index (κ3) is 3.14. The highest BCUT2D eigenvalue weighted by Gasteiger charge is 2.22. The van der Waals surface area contributed by atoms with Gasteiger partial charge in [0.1, 0.15) is 11.7 Å². The van der Waals surface area contributed by atoms with E-state index in [-0.39, 0.29) is 0 Å². The minimum absolute atomic E-state index is 1.25. The second-order valence-electron chi connectivity index (χ2n) is 7.86. The van der Waals surface area contributed by atoms with Crippen LogP contribution >= 0.6 is 23.1 Å². The van der Waals surface area contributed by atoms with Gasteiger partial charge < -0.3 is 4.90 Å². The molecule has 0 N–H and O–H groups in total. The molecule has 0 amide bonds. The van der Waals surface area contributed by atoms with Crippen molar-refractivity contribution in [1.29, 1.82) is 0 Å². The molecule has 1 aliphatic rings. The number of aromatic nitrogens is 1. The summed E-state index contributed by atoms with van der Waals surface area (Å²) in [5, 5.41) is 7.66. The van der Waals surface area contributed by atoms with Crippen LogP contribution in [0, 0.1) is 0 Å². The molecule has 0 aliphatic carbocycles. The van der Waals surface area contributed by atoms with Gasteiger partial charge in [-0.3, -0.25) is 0 Å². The molecule has 0 unspecified atom stereocenters. The van der Waals surface area contributed by atoms with Gasteiger partial charge in [-0.05, 0) is 45.8 Å². The minimum atomic E-state index is 1.25. The first-order valence-corrected chi connectivity index (χ1v) is 11.9. The van der Waals surface area contributed by atoms with Gasteiger partial charge >= 0.3 is 0 Å². The Morgan fingerprint density at radius 3 is 2.23 bits per heavy atom. The summed E-state index contributed by atoms with van der Waals surface area (Å²) < 4.78 is 3.61. The number of thiazole rings is 1. The number of benzene rings is 4. The zero-order valence-corrected chi connectivity index (χ0v) is 19.0. The lowest BCUT2D eigenvalue weighted by Gasteiger charge is -2.13. The first-order chi connectivity index (χ1) is 15.2. The molecule has 0 saturated heterocycles. The first-order valence-electron chi connectivity index (χ1n) is 10.3. The van der Waals surface area contributed by atoms with Crippen LogP contribution in [0.1, 0.15) is 5.01 Å². The van der Waals surface area contributed by atoms with Crippen LogP contribution in [-0.2, 0) is 7.05 Å². The van der Waals surface area contributed by atoms with Gasteiger partial charge in [0, 0.05) is 24.1 Å². The summed E-state index contributed by atoms with van der Waals surface area (Å²) in [6, 6.07) is 26.3. The Morgan fingerprint density at radius 1 is 0.839 bits per heavy atom. The average Bonchev–Trinajstić information content (AvgIpc) is 3.26. The van der Waals surface area contributed by atoms with Crippen molar-refractivity contribution >= 4 is 66.6 Å². The standard InChI is InChI=1S/C27H21N2S2/c1-28-22-14-18-8-3-5-10-20(18)16-24(22)30-26(28)12-7-13-27-29(2)23-15-19-9-4-6-11-21(19)17-25(23)31-27/h3-17H,1-2H3/q+1. The molecule has 31 heavy (non-hydrogen) atoms. The lowest BCUT2D eigenvalue weighted by molar-refractivity contribution is -0.642. The summed E-state index contributed by atoms with van der Waals surface area (Å²) in [6.07, 6.45) is 6.61. The van der Waals surface area contributed by atoms with E-state index in [1.807, 2.05) is 23.1 Å². The molecule has 0 spiro atoms. The van der Waals surface area contributed by atoms with Crippen molar-refractivity contribution in [3.63, 3.8) is 0 Å². The van der Waals surface area contributed by atoms with Crippen LogP contribution in [0.15, 0.2) is 94.9 Å². The van der Waals surface area contributed by atoms with E-state index in [0.29, 0.717) is 0 Å². The summed E-state index contributed by atoms with van der Waals surface area (Å²) in [4.78, 5) is 3.61. The van der Waals surface area contributed by atoms with Gasteiger partial charge in [-0.15, -0.1) is 0 Å². The summed E-state index contributed by atoms with van der Waals surface area (Å²) in [7, 11) is 4.30. The van der Waals surface area contributed by atoms with Crippen LogP contribution in [-0.4, -0.2) is 7.05 Å². The van der Waals surface area contributed by atoms with Crippen LogP contribution in [0.3, 0.4) is 0 Å². The van der Waals surface area contributed by atoms with E-state index >= 15 is 0 Å². The monoisotopic (exact) mass is 437 g/mol. The predicted molar refractivity (Wildman–Crippen MR) is 136 cm³/mol. The fraction of sp³-hybridized carbons (Fsp3) is 0.0741. The fourth-order valence-electron chi connectivity index (χ4n) is 4.21. The van der Waals surface area contributed by atoms with Crippen molar-refractivity contribution in [3.8, 4) is 0 Å². The van der Waals surface area contributed by atoms with Crippen LogP contribution < -0.4 is 9.47 Å². The van der Waals surface area contributed by atoms with Crippen LogP contribution in [0.2, 0.25) is 0 Å². The van der Waals surface area contributed by atoms with Gasteiger partial charge in [0.25, 0.3) is 5.01 Å². The fourth-order valence-corrected chi connectivity index (χ4v) is 6.39. The summed E-state index contributed by atoms with van der Waals surface area (Å²) in [5.41, 5.74) is 2.56. The predicted octanol–water partition coefficient (Wildman–Crippen LogP) is 7.13. The Morgan fingerprint density at radius 2 is 1.48 bits per heavy atom. The molecule has 0 radical (unpaired) electrons. The molecule has 5 aromatic rings. The highest BCUT2D eigenvalue weighted by atomic mass is 32.2. The number of hydrogen-bond donors (Lipinski definition) is 0. The zero-order chi connectivity index (χ0) is 20.9. The number of anilines is 1. The van der Waals surface area contributed by atoms with Gasteiger partial charge in [0.05, 0.1) is 10.7 Å². The maximum absolute atomic E-state index is 2.30. The summed E-state index contributed by atoms with van der Waals surface area (Å²) in [5.74, 6) is 0. The Kier molecular flexibility index (Phi) is 4.37. The molecule has 0 bridgehead atoms. The quantitative estimate of drug-likeness (QED) is 0.271. The van der Waals surface area contributed by atoms with Crippen molar-refractivity contribution in [2.75, 3.05) is 11.9 Å². The Labute approximate surface area is 189 Å². The van der Waals surface area contributed by atoms with E-state index < -0.39 is 0 Å². The number of allylic oxidation sites excluding steroid dienone is 2. The normalized spacial score (nSPS) is 15.2. The van der Waals surface area contributed by atoms with Gasteiger partial charge in [0.15, 0.2) is 0 Å². The summed E-state index contributed by atoms with van der Waals surface area (Å²) >= 11 is 3.67. The van der Waals surface area contributed by atoms with E-state index in [4.69, 9.17) is 0 Å². The topological polar surface area (TPSA) is 7.12 Å².